The van der Waals surface area contributed by atoms with Gasteiger partial charge in [-0.25, -0.2) is 0 Å². The Morgan fingerprint density at radius 1 is 1.12 bits per heavy atom. The van der Waals surface area contributed by atoms with Gasteiger partial charge in [-0.3, -0.25) is 14.9 Å². The van der Waals surface area contributed by atoms with Crippen molar-refractivity contribution >= 4 is 28.3 Å². The number of rotatable bonds is 6. The van der Waals surface area contributed by atoms with Crippen LogP contribution in [0.1, 0.15) is 54.5 Å². The first-order valence-corrected chi connectivity index (χ1v) is 9.11. The van der Waals surface area contributed by atoms with Crippen molar-refractivity contribution in [2.75, 3.05) is 5.32 Å². The maximum atomic E-state index is 12.6. The van der Waals surface area contributed by atoms with Gasteiger partial charge in [0.15, 0.2) is 0 Å². The second-order valence-corrected chi connectivity index (χ2v) is 7.66. The van der Waals surface area contributed by atoms with E-state index in [0.717, 1.165) is 10.6 Å². The molecule has 6 nitrogen and oxygen atoms in total. The van der Waals surface area contributed by atoms with Gasteiger partial charge in [0.2, 0.25) is 11.0 Å². The first-order valence-electron chi connectivity index (χ1n) is 8.29. The molecule has 0 radical (unpaired) electrons. The second-order valence-electron chi connectivity index (χ2n) is 6.65. The largest absolute Gasteiger partial charge is 0.340 e. The summed E-state index contributed by atoms with van der Waals surface area (Å²) in [4.78, 5) is 25.0. The Morgan fingerprint density at radius 3 is 2.40 bits per heavy atom. The van der Waals surface area contributed by atoms with Crippen LogP contribution in [0.5, 0.6) is 0 Å². The standard InChI is InChI=1S/C18H24N4O2S/c1-10(2)14(19-15(23)13-8-6-7-12(5)9-13)16(24)20-18-22-21-17(25-18)11(3)4/h6-11,14H,1-5H3,(H,19,23)(H,20,22,24)/t14-/m1/s1. The lowest BCUT2D eigenvalue weighted by Crippen LogP contribution is -2.47. The molecule has 0 unspecified atom stereocenters. The highest BCUT2D eigenvalue weighted by Crippen LogP contribution is 2.22. The van der Waals surface area contributed by atoms with Crippen LogP contribution in [0.25, 0.3) is 0 Å². The van der Waals surface area contributed by atoms with E-state index >= 15 is 0 Å². The molecule has 2 aromatic rings. The van der Waals surface area contributed by atoms with Crippen LogP contribution in [0, 0.1) is 12.8 Å². The van der Waals surface area contributed by atoms with E-state index in [1.54, 1.807) is 12.1 Å². The Labute approximate surface area is 152 Å². The first-order chi connectivity index (χ1) is 11.8. The Kier molecular flexibility index (Phi) is 6.25. The number of aromatic nitrogens is 2. The van der Waals surface area contributed by atoms with Crippen LogP contribution in [-0.2, 0) is 4.79 Å². The zero-order valence-corrected chi connectivity index (χ0v) is 16.0. The number of hydrogen-bond donors (Lipinski definition) is 2. The fraction of sp³-hybridized carbons (Fsp3) is 0.444. The molecule has 1 aromatic heterocycles. The summed E-state index contributed by atoms with van der Waals surface area (Å²) in [5.41, 5.74) is 1.53. The summed E-state index contributed by atoms with van der Waals surface area (Å²) >= 11 is 1.35. The summed E-state index contributed by atoms with van der Waals surface area (Å²) < 4.78 is 0. The van der Waals surface area contributed by atoms with Crippen molar-refractivity contribution in [2.24, 2.45) is 5.92 Å². The van der Waals surface area contributed by atoms with E-state index < -0.39 is 6.04 Å². The minimum atomic E-state index is -0.653. The molecule has 2 N–H and O–H groups in total. The van der Waals surface area contributed by atoms with Crippen LogP contribution in [-0.4, -0.2) is 28.1 Å². The Bertz CT molecular complexity index is 755. The van der Waals surface area contributed by atoms with Crippen molar-refractivity contribution < 1.29 is 9.59 Å². The zero-order valence-electron chi connectivity index (χ0n) is 15.2. The van der Waals surface area contributed by atoms with E-state index in [-0.39, 0.29) is 23.7 Å². The lowest BCUT2D eigenvalue weighted by Gasteiger charge is -2.21. The predicted molar refractivity (Wildman–Crippen MR) is 99.9 cm³/mol. The zero-order chi connectivity index (χ0) is 18.6. The van der Waals surface area contributed by atoms with Crippen LogP contribution in [0.2, 0.25) is 0 Å². The Morgan fingerprint density at radius 2 is 1.84 bits per heavy atom. The van der Waals surface area contributed by atoms with Gasteiger partial charge >= 0.3 is 0 Å². The maximum Gasteiger partial charge on any atom is 0.251 e. The van der Waals surface area contributed by atoms with Gasteiger partial charge in [0.05, 0.1) is 0 Å². The predicted octanol–water partition coefficient (Wildman–Crippen LogP) is 3.36. The smallest absolute Gasteiger partial charge is 0.251 e. The molecule has 134 valence electrons. The number of amides is 2. The van der Waals surface area contributed by atoms with Gasteiger partial charge in [-0.15, -0.1) is 10.2 Å². The minimum Gasteiger partial charge on any atom is -0.340 e. The van der Waals surface area contributed by atoms with Gasteiger partial charge in [0, 0.05) is 11.5 Å². The molecular formula is C18H24N4O2S. The fourth-order valence-electron chi connectivity index (χ4n) is 2.25. The van der Waals surface area contributed by atoms with Gasteiger partial charge in [0.1, 0.15) is 11.0 Å². The van der Waals surface area contributed by atoms with Crippen molar-refractivity contribution in [3.05, 3.63) is 40.4 Å². The SMILES string of the molecule is Cc1cccc(C(=O)N[C@@H](C(=O)Nc2nnc(C(C)C)s2)C(C)C)c1. The number of carbonyl (C=O) groups excluding carboxylic acids is 2. The number of nitrogens with one attached hydrogen (secondary N) is 2. The molecular weight excluding hydrogens is 336 g/mol. The molecule has 0 aliphatic carbocycles. The van der Waals surface area contributed by atoms with Crippen molar-refractivity contribution in [2.45, 2.75) is 46.6 Å². The first kappa shape index (κ1) is 19.1. The summed E-state index contributed by atoms with van der Waals surface area (Å²) in [5, 5.41) is 14.9. The summed E-state index contributed by atoms with van der Waals surface area (Å²) in [5.74, 6) is -0.364. The number of aryl methyl sites for hydroxylation is 1. The average Bonchev–Trinajstić information content (AvgIpc) is 3.00. The molecule has 1 atom stereocenters. The third kappa shape index (κ3) is 5.09. The normalized spacial score (nSPS) is 12.3. The number of hydrogen-bond acceptors (Lipinski definition) is 5. The quantitative estimate of drug-likeness (QED) is 0.827. The van der Waals surface area contributed by atoms with Crippen LogP contribution < -0.4 is 10.6 Å². The van der Waals surface area contributed by atoms with Crippen LogP contribution >= 0.6 is 11.3 Å². The number of benzene rings is 1. The summed E-state index contributed by atoms with van der Waals surface area (Å²) in [6.45, 7) is 9.74. The fourth-order valence-corrected chi connectivity index (χ4v) is 3.00. The topological polar surface area (TPSA) is 84.0 Å². The summed E-state index contributed by atoms with van der Waals surface area (Å²) in [6.07, 6.45) is 0. The van der Waals surface area contributed by atoms with Crippen LogP contribution in [0.4, 0.5) is 5.13 Å². The van der Waals surface area contributed by atoms with E-state index in [1.807, 2.05) is 46.8 Å². The molecule has 0 spiro atoms. The van der Waals surface area contributed by atoms with E-state index in [0.29, 0.717) is 10.7 Å². The van der Waals surface area contributed by atoms with Gasteiger partial charge in [-0.05, 0) is 25.0 Å². The lowest BCUT2D eigenvalue weighted by atomic mass is 10.0. The molecule has 0 saturated carbocycles. The van der Waals surface area contributed by atoms with Gasteiger partial charge in [0.25, 0.3) is 5.91 Å². The van der Waals surface area contributed by atoms with Crippen molar-refractivity contribution in [3.8, 4) is 0 Å². The average molecular weight is 360 g/mol. The Hall–Kier alpha value is -2.28. The summed E-state index contributed by atoms with van der Waals surface area (Å²) in [7, 11) is 0. The molecule has 1 aromatic carbocycles. The molecule has 25 heavy (non-hydrogen) atoms. The molecule has 2 rings (SSSR count). The van der Waals surface area contributed by atoms with E-state index in [4.69, 9.17) is 0 Å². The molecule has 0 bridgehead atoms. The van der Waals surface area contributed by atoms with Gasteiger partial charge in [-0.1, -0.05) is 56.7 Å². The number of nitrogens with zero attached hydrogens (tertiary/aromatic N) is 2. The van der Waals surface area contributed by atoms with Crippen molar-refractivity contribution in [1.29, 1.82) is 0 Å². The van der Waals surface area contributed by atoms with Crippen LogP contribution in [0.15, 0.2) is 24.3 Å². The monoisotopic (exact) mass is 360 g/mol. The van der Waals surface area contributed by atoms with E-state index in [9.17, 15) is 9.59 Å². The molecule has 1 heterocycles. The maximum absolute atomic E-state index is 12.6. The number of anilines is 1. The number of carbonyl (C=O) groups is 2. The highest BCUT2D eigenvalue weighted by atomic mass is 32.1. The minimum absolute atomic E-state index is 0.0637. The lowest BCUT2D eigenvalue weighted by molar-refractivity contribution is -0.118. The third-order valence-corrected chi connectivity index (χ3v) is 4.82. The van der Waals surface area contributed by atoms with Crippen molar-refractivity contribution in [1.82, 2.24) is 15.5 Å². The summed E-state index contributed by atoms with van der Waals surface area (Å²) in [6, 6.07) is 6.62. The van der Waals surface area contributed by atoms with Gasteiger partial charge < -0.3 is 5.32 Å². The van der Waals surface area contributed by atoms with E-state index in [2.05, 4.69) is 20.8 Å². The molecule has 0 aliphatic heterocycles. The molecule has 0 aliphatic rings. The highest BCUT2D eigenvalue weighted by Gasteiger charge is 2.25. The Balaban J connectivity index is 2.08. The molecule has 2 amide bonds. The van der Waals surface area contributed by atoms with Crippen LogP contribution in [0.3, 0.4) is 0 Å². The van der Waals surface area contributed by atoms with Crippen molar-refractivity contribution in [3.63, 3.8) is 0 Å². The van der Waals surface area contributed by atoms with Gasteiger partial charge in [-0.2, -0.15) is 0 Å². The molecule has 0 fully saturated rings. The van der Waals surface area contributed by atoms with E-state index in [1.165, 1.54) is 11.3 Å². The molecule has 7 heteroatoms. The molecule has 0 saturated heterocycles. The second kappa shape index (κ2) is 8.20. The third-order valence-electron chi connectivity index (χ3n) is 3.68. The highest BCUT2D eigenvalue weighted by molar-refractivity contribution is 7.15.